The van der Waals surface area contributed by atoms with Crippen LogP contribution in [0.1, 0.15) is 15.9 Å². The molecule has 0 saturated carbocycles. The Morgan fingerprint density at radius 2 is 2.19 bits per heavy atom. The van der Waals surface area contributed by atoms with Crippen LogP contribution in [0.25, 0.3) is 16.9 Å². The van der Waals surface area contributed by atoms with Gasteiger partial charge in [0.2, 0.25) is 0 Å². The smallest absolute Gasteiger partial charge is 0.339 e. The SMILES string of the molecule is Cc1ccc(-n2cc(C(=O)O)c(-c3ccsc3)n2)cc1Cl. The average molecular weight is 319 g/mol. The number of rotatable bonds is 3. The van der Waals surface area contributed by atoms with Crippen LogP contribution in [0.3, 0.4) is 0 Å². The van der Waals surface area contributed by atoms with Gasteiger partial charge in [0, 0.05) is 22.2 Å². The number of carboxylic acids is 1. The van der Waals surface area contributed by atoms with Gasteiger partial charge in [0.1, 0.15) is 11.3 Å². The molecule has 0 aliphatic heterocycles. The van der Waals surface area contributed by atoms with Crippen LogP contribution in [0, 0.1) is 6.92 Å². The van der Waals surface area contributed by atoms with Gasteiger partial charge in [-0.2, -0.15) is 16.4 Å². The molecule has 0 aliphatic carbocycles. The highest BCUT2D eigenvalue weighted by molar-refractivity contribution is 7.08. The van der Waals surface area contributed by atoms with Crippen molar-refractivity contribution in [2.24, 2.45) is 0 Å². The molecule has 1 N–H and O–H groups in total. The summed E-state index contributed by atoms with van der Waals surface area (Å²) in [6.07, 6.45) is 1.51. The molecule has 3 rings (SSSR count). The van der Waals surface area contributed by atoms with E-state index in [-0.39, 0.29) is 5.56 Å². The Kier molecular flexibility index (Phi) is 3.53. The zero-order valence-corrected chi connectivity index (χ0v) is 12.6. The number of aryl methyl sites for hydroxylation is 1. The van der Waals surface area contributed by atoms with E-state index < -0.39 is 5.97 Å². The van der Waals surface area contributed by atoms with Crippen molar-refractivity contribution in [3.05, 3.63) is 57.4 Å². The number of aromatic nitrogens is 2. The van der Waals surface area contributed by atoms with E-state index in [0.29, 0.717) is 10.7 Å². The predicted octanol–water partition coefficient (Wildman–Crippen LogP) is 4.26. The third kappa shape index (κ3) is 2.57. The summed E-state index contributed by atoms with van der Waals surface area (Å²) < 4.78 is 1.54. The molecule has 0 radical (unpaired) electrons. The Bertz CT molecular complexity index is 809. The third-order valence-corrected chi connectivity index (χ3v) is 4.25. The van der Waals surface area contributed by atoms with Crippen molar-refractivity contribution in [1.29, 1.82) is 0 Å². The number of hydrogen-bond acceptors (Lipinski definition) is 3. The van der Waals surface area contributed by atoms with Gasteiger partial charge in [0.25, 0.3) is 0 Å². The van der Waals surface area contributed by atoms with Crippen molar-refractivity contribution in [3.63, 3.8) is 0 Å². The van der Waals surface area contributed by atoms with Gasteiger partial charge in [-0.3, -0.25) is 0 Å². The van der Waals surface area contributed by atoms with E-state index in [1.807, 2.05) is 35.9 Å². The summed E-state index contributed by atoms with van der Waals surface area (Å²) in [5.41, 5.74) is 3.12. The molecular formula is C15H11ClN2O2S. The highest BCUT2D eigenvalue weighted by Crippen LogP contribution is 2.27. The van der Waals surface area contributed by atoms with E-state index in [4.69, 9.17) is 11.6 Å². The van der Waals surface area contributed by atoms with Crippen molar-refractivity contribution in [3.8, 4) is 16.9 Å². The Hall–Kier alpha value is -2.11. The van der Waals surface area contributed by atoms with E-state index >= 15 is 0 Å². The monoisotopic (exact) mass is 318 g/mol. The minimum Gasteiger partial charge on any atom is -0.478 e. The van der Waals surface area contributed by atoms with E-state index in [2.05, 4.69) is 5.10 Å². The molecule has 0 saturated heterocycles. The van der Waals surface area contributed by atoms with Crippen molar-refractivity contribution < 1.29 is 9.90 Å². The minimum absolute atomic E-state index is 0.171. The molecule has 4 nitrogen and oxygen atoms in total. The molecule has 3 aromatic rings. The first-order valence-corrected chi connectivity index (χ1v) is 7.50. The van der Waals surface area contributed by atoms with Crippen LogP contribution in [-0.2, 0) is 0 Å². The largest absolute Gasteiger partial charge is 0.478 e. The number of carbonyl (C=O) groups is 1. The number of nitrogens with zero attached hydrogens (tertiary/aromatic N) is 2. The molecule has 0 amide bonds. The Morgan fingerprint density at radius 3 is 2.81 bits per heavy atom. The molecule has 2 heterocycles. The highest BCUT2D eigenvalue weighted by Gasteiger charge is 2.18. The van der Waals surface area contributed by atoms with Gasteiger partial charge < -0.3 is 5.11 Å². The Balaban J connectivity index is 2.14. The summed E-state index contributed by atoms with van der Waals surface area (Å²) in [5, 5.41) is 18.1. The lowest BCUT2D eigenvalue weighted by molar-refractivity contribution is 0.0697. The number of hydrogen-bond donors (Lipinski definition) is 1. The van der Waals surface area contributed by atoms with E-state index in [1.165, 1.54) is 17.5 Å². The first-order valence-electron chi connectivity index (χ1n) is 6.18. The van der Waals surface area contributed by atoms with Gasteiger partial charge in [-0.15, -0.1) is 0 Å². The number of carboxylic acid groups (broad SMARTS) is 1. The summed E-state index contributed by atoms with van der Waals surface area (Å²) in [7, 11) is 0. The van der Waals surface area contributed by atoms with Crippen LogP contribution in [0.15, 0.2) is 41.2 Å². The zero-order valence-electron chi connectivity index (χ0n) is 11.1. The normalized spacial score (nSPS) is 10.8. The molecule has 0 spiro atoms. The van der Waals surface area contributed by atoms with Gasteiger partial charge >= 0.3 is 5.97 Å². The maximum Gasteiger partial charge on any atom is 0.339 e. The lowest BCUT2D eigenvalue weighted by atomic mass is 10.1. The molecule has 2 aromatic heterocycles. The molecule has 0 aliphatic rings. The van der Waals surface area contributed by atoms with Crippen LogP contribution in [0.2, 0.25) is 5.02 Å². The van der Waals surface area contributed by atoms with Crippen LogP contribution in [0.4, 0.5) is 0 Å². The molecule has 106 valence electrons. The topological polar surface area (TPSA) is 55.1 Å². The first-order chi connectivity index (χ1) is 10.1. The van der Waals surface area contributed by atoms with Gasteiger partial charge in [0.05, 0.1) is 5.69 Å². The van der Waals surface area contributed by atoms with Crippen LogP contribution < -0.4 is 0 Å². The fourth-order valence-electron chi connectivity index (χ4n) is 2.00. The Labute approximate surface area is 130 Å². The lowest BCUT2D eigenvalue weighted by Gasteiger charge is -2.03. The van der Waals surface area contributed by atoms with Crippen LogP contribution in [0.5, 0.6) is 0 Å². The summed E-state index contributed by atoms with van der Waals surface area (Å²) in [4.78, 5) is 11.4. The van der Waals surface area contributed by atoms with E-state index in [1.54, 1.807) is 10.7 Å². The number of aromatic carboxylic acids is 1. The van der Waals surface area contributed by atoms with Crippen molar-refractivity contribution in [2.45, 2.75) is 6.92 Å². The third-order valence-electron chi connectivity index (χ3n) is 3.16. The Morgan fingerprint density at radius 1 is 1.38 bits per heavy atom. The average Bonchev–Trinajstić information content (AvgIpc) is 3.09. The van der Waals surface area contributed by atoms with E-state index in [9.17, 15) is 9.90 Å². The van der Waals surface area contributed by atoms with Crippen LogP contribution >= 0.6 is 22.9 Å². The predicted molar refractivity (Wildman–Crippen MR) is 83.6 cm³/mol. The summed E-state index contributed by atoms with van der Waals surface area (Å²) >= 11 is 7.62. The van der Waals surface area contributed by atoms with Gasteiger partial charge in [-0.1, -0.05) is 17.7 Å². The van der Waals surface area contributed by atoms with Crippen LogP contribution in [-0.4, -0.2) is 20.9 Å². The number of benzene rings is 1. The molecule has 0 bridgehead atoms. The fourth-order valence-corrected chi connectivity index (χ4v) is 2.81. The fraction of sp³-hybridized carbons (Fsp3) is 0.0667. The molecule has 0 fully saturated rings. The van der Waals surface area contributed by atoms with Crippen molar-refractivity contribution >= 4 is 28.9 Å². The molecular weight excluding hydrogens is 308 g/mol. The second-order valence-corrected chi connectivity index (χ2v) is 5.77. The number of halogens is 1. The van der Waals surface area contributed by atoms with Gasteiger partial charge in [0.15, 0.2) is 0 Å². The molecule has 0 atom stereocenters. The zero-order chi connectivity index (χ0) is 15.0. The minimum atomic E-state index is -0.999. The molecule has 1 aromatic carbocycles. The molecule has 21 heavy (non-hydrogen) atoms. The maximum absolute atomic E-state index is 11.4. The van der Waals surface area contributed by atoms with Crippen molar-refractivity contribution in [1.82, 2.24) is 9.78 Å². The highest BCUT2D eigenvalue weighted by atomic mass is 35.5. The molecule has 0 unspecified atom stereocenters. The maximum atomic E-state index is 11.4. The summed E-state index contributed by atoms with van der Waals surface area (Å²) in [6, 6.07) is 7.36. The second kappa shape index (κ2) is 5.35. The summed E-state index contributed by atoms with van der Waals surface area (Å²) in [6.45, 7) is 1.91. The molecule has 6 heteroatoms. The second-order valence-electron chi connectivity index (χ2n) is 4.59. The summed E-state index contributed by atoms with van der Waals surface area (Å²) in [5.74, 6) is -0.999. The van der Waals surface area contributed by atoms with Gasteiger partial charge in [-0.25, -0.2) is 9.48 Å². The van der Waals surface area contributed by atoms with Crippen molar-refractivity contribution in [2.75, 3.05) is 0 Å². The quantitative estimate of drug-likeness (QED) is 0.785. The van der Waals surface area contributed by atoms with E-state index in [0.717, 1.165) is 16.8 Å². The standard InChI is InChI=1S/C15H11ClN2O2S/c1-9-2-3-11(6-13(9)16)18-7-12(15(19)20)14(17-18)10-4-5-21-8-10/h2-8H,1H3,(H,19,20). The lowest BCUT2D eigenvalue weighted by Crippen LogP contribution is -1.96. The van der Waals surface area contributed by atoms with Gasteiger partial charge in [-0.05, 0) is 36.1 Å². The first kappa shape index (κ1) is 13.9. The number of thiophene rings is 1.